The van der Waals surface area contributed by atoms with Crippen LogP contribution >= 0.6 is 0 Å². The Balaban J connectivity index is 1.52. The van der Waals surface area contributed by atoms with Crippen molar-refractivity contribution in [2.24, 2.45) is 0 Å². The second-order valence-corrected chi connectivity index (χ2v) is 6.49. The molecule has 0 spiro atoms. The Bertz CT molecular complexity index is 807. The second-order valence-electron chi connectivity index (χ2n) is 6.49. The van der Waals surface area contributed by atoms with Crippen molar-refractivity contribution in [2.45, 2.75) is 25.4 Å². The number of rotatable bonds is 7. The minimum Gasteiger partial charge on any atom is -0.366 e. The van der Waals surface area contributed by atoms with Gasteiger partial charge in [0.05, 0.1) is 13.2 Å². The Hall–Kier alpha value is -2.75. The van der Waals surface area contributed by atoms with Gasteiger partial charge in [-0.15, -0.1) is 0 Å². The van der Waals surface area contributed by atoms with E-state index in [1.807, 2.05) is 72.8 Å². The zero-order chi connectivity index (χ0) is 17.8. The average molecular weight is 344 g/mol. The fourth-order valence-electron chi connectivity index (χ4n) is 3.34. The summed E-state index contributed by atoms with van der Waals surface area (Å²) in [5.74, 6) is 0. The van der Waals surface area contributed by atoms with E-state index < -0.39 is 0 Å². The van der Waals surface area contributed by atoms with Crippen LogP contribution in [-0.4, -0.2) is 6.29 Å². The van der Waals surface area contributed by atoms with Crippen molar-refractivity contribution in [2.75, 3.05) is 0 Å². The zero-order valence-electron chi connectivity index (χ0n) is 14.4. The maximum absolute atomic E-state index is 11.2. The maximum Gasteiger partial charge on any atom is 0.150 e. The van der Waals surface area contributed by atoms with E-state index in [0.717, 1.165) is 28.5 Å². The highest BCUT2D eigenvalue weighted by Gasteiger charge is 2.33. The summed E-state index contributed by atoms with van der Waals surface area (Å²) >= 11 is 0. The van der Waals surface area contributed by atoms with E-state index in [0.29, 0.717) is 18.8 Å². The molecule has 0 aliphatic heterocycles. The van der Waals surface area contributed by atoms with Gasteiger partial charge in [-0.2, -0.15) is 0 Å². The number of carbonyl (C=O) groups is 1. The molecule has 1 aliphatic rings. The van der Waals surface area contributed by atoms with E-state index in [1.54, 1.807) is 0 Å². The molecule has 1 aliphatic carbocycles. The van der Waals surface area contributed by atoms with Crippen molar-refractivity contribution in [3.8, 4) is 0 Å². The predicted molar refractivity (Wildman–Crippen MR) is 99.8 cm³/mol. The SMILES string of the molecule is O=Cc1cc2cc(c1)C(OCc1ccccc1)C2OCc1ccccc1. The molecule has 3 heteroatoms. The summed E-state index contributed by atoms with van der Waals surface area (Å²) in [4.78, 5) is 11.2. The van der Waals surface area contributed by atoms with Crippen molar-refractivity contribution in [1.82, 2.24) is 0 Å². The molecule has 0 radical (unpaired) electrons. The number of benzene rings is 3. The first kappa shape index (κ1) is 16.7. The molecule has 130 valence electrons. The summed E-state index contributed by atoms with van der Waals surface area (Å²) in [5.41, 5.74) is 4.89. The van der Waals surface area contributed by atoms with E-state index in [4.69, 9.17) is 9.47 Å². The van der Waals surface area contributed by atoms with Crippen molar-refractivity contribution in [3.63, 3.8) is 0 Å². The van der Waals surface area contributed by atoms with Crippen molar-refractivity contribution < 1.29 is 14.3 Å². The van der Waals surface area contributed by atoms with Gasteiger partial charge in [0.2, 0.25) is 0 Å². The summed E-state index contributed by atoms with van der Waals surface area (Å²) in [6, 6.07) is 26.0. The van der Waals surface area contributed by atoms with Crippen LogP contribution in [0.1, 0.15) is 44.8 Å². The molecule has 26 heavy (non-hydrogen) atoms. The molecule has 4 rings (SSSR count). The first-order valence-electron chi connectivity index (χ1n) is 8.74. The van der Waals surface area contributed by atoms with Crippen molar-refractivity contribution >= 4 is 6.29 Å². The molecule has 0 aromatic heterocycles. The molecule has 0 N–H and O–H groups in total. The van der Waals surface area contributed by atoms with Crippen LogP contribution in [0.5, 0.6) is 0 Å². The summed E-state index contributed by atoms with van der Waals surface area (Å²) in [5, 5.41) is 0. The van der Waals surface area contributed by atoms with Gasteiger partial charge in [-0.1, -0.05) is 66.7 Å². The van der Waals surface area contributed by atoms with Gasteiger partial charge in [-0.3, -0.25) is 4.79 Å². The van der Waals surface area contributed by atoms with Crippen molar-refractivity contribution in [3.05, 3.63) is 107 Å². The topological polar surface area (TPSA) is 35.5 Å². The van der Waals surface area contributed by atoms with Gasteiger partial charge in [-0.25, -0.2) is 0 Å². The molecule has 0 amide bonds. The van der Waals surface area contributed by atoms with Crippen LogP contribution < -0.4 is 0 Å². The van der Waals surface area contributed by atoms with E-state index in [2.05, 4.69) is 6.07 Å². The van der Waals surface area contributed by atoms with E-state index >= 15 is 0 Å². The lowest BCUT2D eigenvalue weighted by Crippen LogP contribution is -2.12. The number of hydrogen-bond donors (Lipinski definition) is 0. The number of fused-ring (bicyclic) bond motifs is 2. The monoisotopic (exact) mass is 344 g/mol. The molecule has 0 heterocycles. The molecular formula is C23H20O3. The minimum atomic E-state index is -0.206. The van der Waals surface area contributed by atoms with Crippen molar-refractivity contribution in [1.29, 1.82) is 0 Å². The molecule has 0 fully saturated rings. The average Bonchev–Trinajstić information content (AvgIpc) is 2.95. The molecule has 2 bridgehead atoms. The van der Waals surface area contributed by atoms with Crippen LogP contribution in [0.2, 0.25) is 0 Å². The fourth-order valence-corrected chi connectivity index (χ4v) is 3.34. The Morgan fingerprint density at radius 1 is 0.692 bits per heavy atom. The van der Waals surface area contributed by atoms with Crippen LogP contribution in [0.25, 0.3) is 0 Å². The minimum absolute atomic E-state index is 0.206. The lowest BCUT2D eigenvalue weighted by Gasteiger charge is -2.22. The number of carbonyl (C=O) groups excluding carboxylic acids is 1. The zero-order valence-corrected chi connectivity index (χ0v) is 14.4. The number of ether oxygens (including phenoxy) is 2. The van der Waals surface area contributed by atoms with Gasteiger partial charge in [0.25, 0.3) is 0 Å². The highest BCUT2D eigenvalue weighted by Crippen LogP contribution is 2.43. The van der Waals surface area contributed by atoms with Gasteiger partial charge in [0.1, 0.15) is 18.5 Å². The van der Waals surface area contributed by atoms with Crippen LogP contribution in [-0.2, 0) is 22.7 Å². The highest BCUT2D eigenvalue weighted by atomic mass is 16.5. The van der Waals surface area contributed by atoms with Gasteiger partial charge < -0.3 is 9.47 Å². The highest BCUT2D eigenvalue weighted by molar-refractivity contribution is 5.76. The number of hydrogen-bond acceptors (Lipinski definition) is 3. The summed E-state index contributed by atoms with van der Waals surface area (Å²) in [6.07, 6.45) is 0.464. The first-order chi connectivity index (χ1) is 12.8. The lowest BCUT2D eigenvalue weighted by molar-refractivity contribution is -0.0848. The lowest BCUT2D eigenvalue weighted by atomic mass is 10.1. The third kappa shape index (κ3) is 3.59. The van der Waals surface area contributed by atoms with Gasteiger partial charge in [0.15, 0.2) is 0 Å². The van der Waals surface area contributed by atoms with Crippen LogP contribution in [0.3, 0.4) is 0 Å². The van der Waals surface area contributed by atoms with E-state index in [1.165, 1.54) is 0 Å². The standard InChI is InChI=1S/C23H20O3/c24-14-19-11-20-13-21(12-19)23(26-16-18-9-5-2-6-10-18)22(20)25-15-17-7-3-1-4-8-17/h1-14,22-23H,15-16H2. The number of aldehydes is 1. The van der Waals surface area contributed by atoms with Gasteiger partial charge in [-0.05, 0) is 34.4 Å². The Labute approximate surface area is 153 Å². The van der Waals surface area contributed by atoms with Gasteiger partial charge >= 0.3 is 0 Å². The third-order valence-electron chi connectivity index (χ3n) is 4.61. The summed E-state index contributed by atoms with van der Waals surface area (Å²) < 4.78 is 12.4. The van der Waals surface area contributed by atoms with E-state index in [9.17, 15) is 4.79 Å². The molecule has 3 nitrogen and oxygen atoms in total. The normalized spacial score (nSPS) is 18.0. The molecule has 2 atom stereocenters. The smallest absolute Gasteiger partial charge is 0.150 e. The Morgan fingerprint density at radius 2 is 1.15 bits per heavy atom. The molecule has 3 aromatic rings. The third-order valence-corrected chi connectivity index (χ3v) is 4.61. The fraction of sp³-hybridized carbons (Fsp3) is 0.174. The van der Waals surface area contributed by atoms with Gasteiger partial charge in [0, 0.05) is 5.56 Å². The van der Waals surface area contributed by atoms with Crippen LogP contribution in [0.4, 0.5) is 0 Å². The molecule has 0 saturated carbocycles. The van der Waals surface area contributed by atoms with Crippen LogP contribution in [0.15, 0.2) is 78.9 Å². The summed E-state index contributed by atoms with van der Waals surface area (Å²) in [7, 11) is 0. The van der Waals surface area contributed by atoms with Crippen LogP contribution in [0, 0.1) is 0 Å². The Morgan fingerprint density at radius 3 is 1.58 bits per heavy atom. The maximum atomic E-state index is 11.2. The molecular weight excluding hydrogens is 324 g/mol. The molecule has 2 unspecified atom stereocenters. The molecule has 0 saturated heterocycles. The predicted octanol–water partition coefficient (Wildman–Crippen LogP) is 5.03. The largest absolute Gasteiger partial charge is 0.366 e. The summed E-state index contributed by atoms with van der Waals surface area (Å²) in [6.45, 7) is 1.01. The Kier molecular flexibility index (Phi) is 4.91. The first-order valence-corrected chi connectivity index (χ1v) is 8.74. The molecule has 3 aromatic carbocycles. The second kappa shape index (κ2) is 7.65. The van der Waals surface area contributed by atoms with E-state index in [-0.39, 0.29) is 12.2 Å². The quantitative estimate of drug-likeness (QED) is 0.564.